The summed E-state index contributed by atoms with van der Waals surface area (Å²) >= 11 is 0. The van der Waals surface area contributed by atoms with E-state index in [2.05, 4.69) is 0 Å². The molecule has 0 spiro atoms. The Bertz CT molecular complexity index is 1280. The minimum absolute atomic E-state index is 0.210. The summed E-state index contributed by atoms with van der Waals surface area (Å²) in [4.78, 5) is 54.0. The van der Waals surface area contributed by atoms with E-state index in [9.17, 15) is 19.2 Å². The fraction of sp³-hybridized carbons (Fsp3) is 0.111. The van der Waals surface area contributed by atoms with Gasteiger partial charge in [0.1, 0.15) is 11.3 Å². The van der Waals surface area contributed by atoms with Crippen molar-refractivity contribution in [1.82, 2.24) is 0 Å². The molecule has 0 saturated heterocycles. The lowest BCUT2D eigenvalue weighted by atomic mass is 9.96. The van der Waals surface area contributed by atoms with Crippen LogP contribution in [-0.4, -0.2) is 23.3 Å². The highest BCUT2D eigenvalue weighted by molar-refractivity contribution is 6.59. The Balaban J connectivity index is 1.92. The van der Waals surface area contributed by atoms with Gasteiger partial charge in [0.15, 0.2) is 5.78 Å². The highest BCUT2D eigenvalue weighted by Crippen LogP contribution is 2.33. The zero-order chi connectivity index (χ0) is 23.0. The average Bonchev–Trinajstić information content (AvgIpc) is 3.05. The largest absolute Gasteiger partial charge is 0.304 e. The predicted octanol–water partition coefficient (Wildman–Crippen LogP) is 4.55. The molecule has 0 saturated carbocycles. The Labute approximate surface area is 186 Å². The molecule has 0 radical (unpaired) electrons. The molecule has 0 fully saturated rings. The molecule has 1 aliphatic rings. The summed E-state index contributed by atoms with van der Waals surface area (Å²) in [7, 11) is 0. The number of hydrogen-bond donors (Lipinski definition) is 0. The number of allylic oxidation sites excluding steroid dienone is 1. The van der Waals surface area contributed by atoms with E-state index in [-0.39, 0.29) is 11.3 Å². The van der Waals surface area contributed by atoms with E-state index in [0.717, 1.165) is 21.6 Å². The van der Waals surface area contributed by atoms with Gasteiger partial charge in [-0.2, -0.15) is 0 Å². The molecule has 5 heteroatoms. The van der Waals surface area contributed by atoms with E-state index in [1.165, 1.54) is 0 Å². The molecule has 0 unspecified atom stereocenters. The fourth-order valence-corrected chi connectivity index (χ4v) is 3.59. The molecule has 4 rings (SSSR count). The number of amides is 1. The van der Waals surface area contributed by atoms with Gasteiger partial charge < -0.3 is 0 Å². The highest BCUT2D eigenvalue weighted by atomic mass is 16.2. The van der Waals surface area contributed by atoms with Crippen molar-refractivity contribution in [3.63, 3.8) is 0 Å². The van der Waals surface area contributed by atoms with Crippen LogP contribution in [0.1, 0.15) is 37.4 Å². The van der Waals surface area contributed by atoms with E-state index in [1.807, 2.05) is 20.8 Å². The summed E-state index contributed by atoms with van der Waals surface area (Å²) in [5, 5.41) is 0. The van der Waals surface area contributed by atoms with Crippen LogP contribution in [0.15, 0.2) is 84.1 Å². The third-order valence-electron chi connectivity index (χ3n) is 5.45. The first kappa shape index (κ1) is 21.1. The van der Waals surface area contributed by atoms with Crippen molar-refractivity contribution < 1.29 is 19.2 Å². The standard InChI is InChI=1S/C27H21NO4/c1-16-4-10-19(11-5-16)24(29)22-23(25(30)20-12-6-17(2)7-13-20)28(27(32)26(22)31)21-14-8-18(3)9-15-21/h4-15H,1-3H3. The lowest BCUT2D eigenvalue weighted by molar-refractivity contribution is -0.132. The molecule has 3 aromatic rings. The monoisotopic (exact) mass is 423 g/mol. The van der Waals surface area contributed by atoms with Gasteiger partial charge in [0.05, 0.1) is 0 Å². The van der Waals surface area contributed by atoms with Crippen LogP contribution in [0.4, 0.5) is 5.69 Å². The van der Waals surface area contributed by atoms with E-state index in [1.54, 1.807) is 72.8 Å². The van der Waals surface area contributed by atoms with Crippen LogP contribution in [0.5, 0.6) is 0 Å². The average molecular weight is 423 g/mol. The molecular weight excluding hydrogens is 402 g/mol. The second kappa shape index (κ2) is 8.19. The SMILES string of the molecule is Cc1ccc(C(=O)C2=C(C(=O)c3ccc(C)cc3)N(c3ccc(C)cc3)C(=O)C2=O)cc1. The van der Waals surface area contributed by atoms with Crippen molar-refractivity contribution in [1.29, 1.82) is 0 Å². The van der Waals surface area contributed by atoms with E-state index in [4.69, 9.17) is 0 Å². The molecule has 0 aliphatic carbocycles. The number of carbonyl (C=O) groups excluding carboxylic acids is 4. The van der Waals surface area contributed by atoms with Crippen molar-refractivity contribution >= 4 is 28.9 Å². The molecule has 1 amide bonds. The smallest absolute Gasteiger partial charge is 0.288 e. The van der Waals surface area contributed by atoms with Crippen molar-refractivity contribution in [3.8, 4) is 0 Å². The van der Waals surface area contributed by atoms with E-state index in [0.29, 0.717) is 11.3 Å². The third-order valence-corrected chi connectivity index (χ3v) is 5.45. The minimum atomic E-state index is -0.980. The molecule has 5 nitrogen and oxygen atoms in total. The molecule has 1 heterocycles. The normalized spacial score (nSPS) is 13.7. The summed E-state index contributed by atoms with van der Waals surface area (Å²) in [5.74, 6) is -3.10. The lowest BCUT2D eigenvalue weighted by Crippen LogP contribution is -2.31. The number of carbonyl (C=O) groups is 4. The van der Waals surface area contributed by atoms with Crippen LogP contribution >= 0.6 is 0 Å². The van der Waals surface area contributed by atoms with Gasteiger partial charge >= 0.3 is 5.91 Å². The van der Waals surface area contributed by atoms with Crippen LogP contribution in [0, 0.1) is 20.8 Å². The molecule has 0 atom stereocenters. The predicted molar refractivity (Wildman–Crippen MR) is 122 cm³/mol. The second-order valence-corrected chi connectivity index (χ2v) is 7.92. The molecule has 0 N–H and O–H groups in total. The summed E-state index contributed by atoms with van der Waals surface area (Å²) in [6, 6.07) is 20.3. The number of rotatable bonds is 5. The molecular formula is C27H21NO4. The lowest BCUT2D eigenvalue weighted by Gasteiger charge is -2.19. The fourth-order valence-electron chi connectivity index (χ4n) is 3.59. The Hall–Kier alpha value is -4.12. The first-order valence-corrected chi connectivity index (χ1v) is 10.2. The van der Waals surface area contributed by atoms with Crippen molar-refractivity contribution in [2.45, 2.75) is 20.8 Å². The molecule has 0 bridgehead atoms. The highest BCUT2D eigenvalue weighted by Gasteiger charge is 2.45. The number of Topliss-reactive ketones (excluding diaryl/α,β-unsaturated/α-hetero) is 3. The molecule has 32 heavy (non-hydrogen) atoms. The second-order valence-electron chi connectivity index (χ2n) is 7.92. The van der Waals surface area contributed by atoms with Crippen LogP contribution in [0.25, 0.3) is 0 Å². The van der Waals surface area contributed by atoms with Gasteiger partial charge in [-0.25, -0.2) is 0 Å². The van der Waals surface area contributed by atoms with Crippen LogP contribution in [-0.2, 0) is 9.59 Å². The summed E-state index contributed by atoms with van der Waals surface area (Å²) < 4.78 is 0. The number of anilines is 1. The minimum Gasteiger partial charge on any atom is -0.288 e. The Morgan fingerprint density at radius 3 is 1.47 bits per heavy atom. The molecule has 0 aromatic heterocycles. The van der Waals surface area contributed by atoms with E-state index >= 15 is 0 Å². The van der Waals surface area contributed by atoms with Gasteiger partial charge in [0, 0.05) is 16.8 Å². The molecule has 3 aromatic carbocycles. The quantitative estimate of drug-likeness (QED) is 0.343. The summed E-state index contributed by atoms with van der Waals surface area (Å²) in [6.45, 7) is 5.66. The van der Waals surface area contributed by atoms with Crippen LogP contribution < -0.4 is 4.90 Å². The first-order valence-electron chi connectivity index (χ1n) is 10.2. The number of aryl methyl sites for hydroxylation is 3. The summed E-state index contributed by atoms with van der Waals surface area (Å²) in [6.07, 6.45) is 0. The zero-order valence-electron chi connectivity index (χ0n) is 18.0. The molecule has 158 valence electrons. The number of nitrogens with zero attached hydrogens (tertiary/aromatic N) is 1. The zero-order valence-corrected chi connectivity index (χ0v) is 18.0. The Morgan fingerprint density at radius 2 is 1.00 bits per heavy atom. The van der Waals surface area contributed by atoms with Crippen molar-refractivity contribution in [3.05, 3.63) is 112 Å². The van der Waals surface area contributed by atoms with Gasteiger partial charge in [-0.3, -0.25) is 24.1 Å². The number of hydrogen-bond acceptors (Lipinski definition) is 4. The van der Waals surface area contributed by atoms with Gasteiger partial charge in [-0.15, -0.1) is 0 Å². The Kier molecular flexibility index (Phi) is 5.41. The van der Waals surface area contributed by atoms with Crippen LogP contribution in [0.2, 0.25) is 0 Å². The van der Waals surface area contributed by atoms with Gasteiger partial charge in [0.2, 0.25) is 5.78 Å². The summed E-state index contributed by atoms with van der Waals surface area (Å²) in [5.41, 5.74) is 3.14. The van der Waals surface area contributed by atoms with Crippen molar-refractivity contribution in [2.24, 2.45) is 0 Å². The maximum Gasteiger partial charge on any atom is 0.304 e. The van der Waals surface area contributed by atoms with Gasteiger partial charge in [0.25, 0.3) is 5.78 Å². The van der Waals surface area contributed by atoms with Crippen molar-refractivity contribution in [2.75, 3.05) is 4.90 Å². The number of ketones is 3. The molecule has 1 aliphatic heterocycles. The number of benzene rings is 3. The van der Waals surface area contributed by atoms with Crippen LogP contribution in [0.3, 0.4) is 0 Å². The third kappa shape index (κ3) is 3.69. The topological polar surface area (TPSA) is 71.5 Å². The van der Waals surface area contributed by atoms with Gasteiger partial charge in [-0.05, 0) is 32.9 Å². The Morgan fingerprint density at radius 1 is 0.594 bits per heavy atom. The maximum absolute atomic E-state index is 13.5. The van der Waals surface area contributed by atoms with E-state index < -0.39 is 28.8 Å². The van der Waals surface area contributed by atoms with Gasteiger partial charge in [-0.1, -0.05) is 77.4 Å². The maximum atomic E-state index is 13.5. The first-order chi connectivity index (χ1) is 15.3.